The molecule has 1 aliphatic carbocycles. The maximum atomic E-state index is 12.2. The van der Waals surface area contributed by atoms with Crippen LogP contribution in [-0.2, 0) is 15.1 Å². The molecule has 178 valence electrons. The van der Waals surface area contributed by atoms with E-state index in [-0.39, 0.29) is 0 Å². The van der Waals surface area contributed by atoms with Crippen molar-refractivity contribution in [2.75, 3.05) is 40.5 Å². The Balaban J connectivity index is 1.92. The second-order valence-electron chi connectivity index (χ2n) is 9.71. The lowest BCUT2D eigenvalue weighted by Gasteiger charge is -2.38. The number of rotatable bonds is 10. The molecule has 0 radical (unpaired) electrons. The fraction of sp³-hybridized carbons (Fsp3) is 0.692. The van der Waals surface area contributed by atoms with Gasteiger partial charge in [0.05, 0.1) is 17.0 Å². The van der Waals surface area contributed by atoms with Gasteiger partial charge < -0.3 is 20.1 Å². The van der Waals surface area contributed by atoms with Crippen LogP contribution < -0.4 is 5.73 Å². The van der Waals surface area contributed by atoms with Crippen molar-refractivity contribution in [3.05, 3.63) is 35.2 Å². The van der Waals surface area contributed by atoms with Crippen molar-refractivity contribution in [2.24, 2.45) is 11.1 Å². The first-order valence-corrected chi connectivity index (χ1v) is 12.2. The number of carbonyl (C=O) groups excluding carboxylic acids is 1. The van der Waals surface area contributed by atoms with Crippen LogP contribution in [-0.4, -0.2) is 56.3 Å². The smallest absolute Gasteiger partial charge is 0.250 e. The highest BCUT2D eigenvalue weighted by Gasteiger charge is 2.38. The molecule has 0 spiro atoms. The molecule has 6 nitrogen and oxygen atoms in total. The summed E-state index contributed by atoms with van der Waals surface area (Å²) in [5.74, 6) is -0.421. The number of primary amides is 1. The number of nitrogens with zero attached hydrogens (tertiary/aromatic N) is 2. The van der Waals surface area contributed by atoms with Gasteiger partial charge in [-0.3, -0.25) is 4.79 Å². The lowest BCUT2D eigenvalue weighted by molar-refractivity contribution is -0.120. The van der Waals surface area contributed by atoms with Gasteiger partial charge in [-0.2, -0.15) is 0 Å². The number of pyridine rings is 1. The van der Waals surface area contributed by atoms with Gasteiger partial charge in [-0.1, -0.05) is 32.8 Å². The number of carbonyl (C=O) groups is 1. The molecule has 1 aromatic heterocycles. The van der Waals surface area contributed by atoms with Crippen LogP contribution in [0.1, 0.15) is 87.0 Å². The van der Waals surface area contributed by atoms with E-state index in [1.807, 2.05) is 12.1 Å². The summed E-state index contributed by atoms with van der Waals surface area (Å²) in [7, 11) is 4.15. The van der Waals surface area contributed by atoms with Crippen LogP contribution in [0, 0.1) is 5.41 Å². The lowest BCUT2D eigenvalue weighted by Crippen LogP contribution is -2.38. The van der Waals surface area contributed by atoms with Crippen LogP contribution in [0.3, 0.4) is 0 Å². The first kappa shape index (κ1) is 24.9. The summed E-state index contributed by atoms with van der Waals surface area (Å²) in [5.41, 5.74) is 8.95. The van der Waals surface area contributed by atoms with Gasteiger partial charge >= 0.3 is 0 Å². The predicted molar refractivity (Wildman–Crippen MR) is 128 cm³/mol. The van der Waals surface area contributed by atoms with E-state index in [0.29, 0.717) is 30.8 Å². The van der Waals surface area contributed by atoms with Gasteiger partial charge in [0.25, 0.3) is 5.91 Å². The average Bonchev–Trinajstić information content (AvgIpc) is 2.82. The van der Waals surface area contributed by atoms with E-state index >= 15 is 0 Å². The zero-order chi connectivity index (χ0) is 23.2. The molecule has 0 bridgehead atoms. The van der Waals surface area contributed by atoms with Crippen molar-refractivity contribution in [3.63, 3.8) is 0 Å². The van der Waals surface area contributed by atoms with Crippen LogP contribution in [0.25, 0.3) is 5.57 Å². The number of ether oxygens (including phenoxy) is 2. The summed E-state index contributed by atoms with van der Waals surface area (Å²) >= 11 is 0. The Morgan fingerprint density at radius 2 is 1.91 bits per heavy atom. The Hall–Kier alpha value is -1.76. The average molecular weight is 444 g/mol. The van der Waals surface area contributed by atoms with E-state index in [4.69, 9.17) is 20.2 Å². The second-order valence-corrected chi connectivity index (χ2v) is 9.71. The minimum absolute atomic E-state index is 0.367. The Morgan fingerprint density at radius 1 is 1.19 bits per heavy atom. The van der Waals surface area contributed by atoms with E-state index in [1.165, 1.54) is 12.8 Å². The van der Waals surface area contributed by atoms with Crippen molar-refractivity contribution in [1.82, 2.24) is 9.88 Å². The normalized spacial score (nSPS) is 20.2. The highest BCUT2D eigenvalue weighted by Crippen LogP contribution is 2.44. The summed E-state index contributed by atoms with van der Waals surface area (Å²) < 4.78 is 12.2. The number of allylic oxidation sites excluding steroid dienone is 2. The molecule has 0 atom stereocenters. The minimum Gasteiger partial charge on any atom is -0.381 e. The monoisotopic (exact) mass is 443 g/mol. The van der Waals surface area contributed by atoms with E-state index in [0.717, 1.165) is 62.0 Å². The van der Waals surface area contributed by atoms with Crippen molar-refractivity contribution in [1.29, 1.82) is 0 Å². The van der Waals surface area contributed by atoms with Crippen molar-refractivity contribution in [3.8, 4) is 0 Å². The van der Waals surface area contributed by atoms with Gasteiger partial charge in [0.15, 0.2) is 0 Å². The Labute approximate surface area is 193 Å². The fourth-order valence-electron chi connectivity index (χ4n) is 5.03. The van der Waals surface area contributed by atoms with Gasteiger partial charge in [0.1, 0.15) is 5.60 Å². The Kier molecular flexibility index (Phi) is 8.48. The molecule has 3 rings (SSSR count). The summed E-state index contributed by atoms with van der Waals surface area (Å²) in [6, 6.07) is 3.79. The quantitative estimate of drug-likeness (QED) is 0.538. The molecule has 1 saturated heterocycles. The molecule has 2 N–H and O–H groups in total. The van der Waals surface area contributed by atoms with Gasteiger partial charge in [-0.25, -0.2) is 4.98 Å². The second kappa shape index (κ2) is 10.9. The molecule has 0 unspecified atom stereocenters. The van der Waals surface area contributed by atoms with Gasteiger partial charge in [0.2, 0.25) is 0 Å². The van der Waals surface area contributed by atoms with Crippen LogP contribution >= 0.6 is 0 Å². The van der Waals surface area contributed by atoms with Gasteiger partial charge in [-0.05, 0) is 69.4 Å². The molecule has 0 saturated carbocycles. The van der Waals surface area contributed by atoms with Gasteiger partial charge in [0, 0.05) is 32.7 Å². The van der Waals surface area contributed by atoms with E-state index in [2.05, 4.69) is 38.9 Å². The lowest BCUT2D eigenvalue weighted by atomic mass is 9.70. The Bertz CT molecular complexity index is 809. The Morgan fingerprint density at radius 3 is 2.47 bits per heavy atom. The number of aromatic nitrogens is 1. The largest absolute Gasteiger partial charge is 0.381 e. The predicted octanol–water partition coefficient (Wildman–Crippen LogP) is 4.53. The topological polar surface area (TPSA) is 77.7 Å². The zero-order valence-electron chi connectivity index (χ0n) is 20.4. The molecular formula is C26H41N3O3. The number of nitrogens with two attached hydrogens (primary N) is 1. The van der Waals surface area contributed by atoms with Crippen molar-refractivity contribution in [2.45, 2.75) is 70.8 Å². The molecule has 1 fully saturated rings. The third kappa shape index (κ3) is 5.59. The molecule has 32 heavy (non-hydrogen) atoms. The van der Waals surface area contributed by atoms with E-state index < -0.39 is 11.5 Å². The van der Waals surface area contributed by atoms with Crippen LogP contribution in [0.5, 0.6) is 0 Å². The summed E-state index contributed by atoms with van der Waals surface area (Å²) in [6.45, 7) is 7.51. The molecule has 6 heteroatoms. The number of hydrogen-bond donors (Lipinski definition) is 1. The van der Waals surface area contributed by atoms with Crippen LogP contribution in [0.2, 0.25) is 0 Å². The summed E-state index contributed by atoms with van der Waals surface area (Å²) in [6.07, 6.45) is 10.2. The van der Waals surface area contributed by atoms with Crippen LogP contribution in [0.15, 0.2) is 18.2 Å². The molecule has 2 heterocycles. The van der Waals surface area contributed by atoms with Crippen molar-refractivity contribution < 1.29 is 14.3 Å². The maximum Gasteiger partial charge on any atom is 0.250 e. The van der Waals surface area contributed by atoms with E-state index in [1.54, 1.807) is 0 Å². The maximum absolute atomic E-state index is 12.2. The van der Waals surface area contributed by atoms with Crippen molar-refractivity contribution >= 4 is 11.5 Å². The SMILES string of the molecule is CCC1(CC)CC=C(c2nc(C3(OCCCN(C)C)CCOCC3)ccc2C(N)=O)CC1. The standard InChI is InChI=1S/C26H41N3O3/c1-5-25(6-2)12-10-20(11-13-25)23-21(24(27)30)8-9-22(28-23)26(14-18-31-19-15-26)32-17-7-16-29(3)4/h8-10H,5-7,11-19H2,1-4H3,(H2,27,30). The molecule has 1 aromatic rings. The van der Waals surface area contributed by atoms with Gasteiger partial charge in [-0.15, -0.1) is 0 Å². The highest BCUT2D eigenvalue weighted by molar-refractivity contribution is 5.97. The summed E-state index contributed by atoms with van der Waals surface area (Å²) in [4.78, 5) is 19.5. The minimum atomic E-state index is -0.471. The number of amides is 1. The third-order valence-corrected chi connectivity index (χ3v) is 7.57. The van der Waals surface area contributed by atoms with Crippen LogP contribution in [0.4, 0.5) is 0 Å². The molecular weight excluding hydrogens is 402 g/mol. The first-order chi connectivity index (χ1) is 15.3. The fourth-order valence-corrected chi connectivity index (χ4v) is 5.03. The molecule has 1 amide bonds. The van der Waals surface area contributed by atoms with E-state index in [9.17, 15) is 4.79 Å². The zero-order valence-corrected chi connectivity index (χ0v) is 20.4. The molecule has 2 aliphatic rings. The highest BCUT2D eigenvalue weighted by atomic mass is 16.5. The molecule has 1 aliphatic heterocycles. The number of hydrogen-bond acceptors (Lipinski definition) is 5. The molecule has 0 aromatic carbocycles. The first-order valence-electron chi connectivity index (χ1n) is 12.2. The third-order valence-electron chi connectivity index (χ3n) is 7.57. The summed E-state index contributed by atoms with van der Waals surface area (Å²) in [5, 5.41) is 0.